The Labute approximate surface area is 257 Å². The molecule has 0 spiro atoms. The highest BCUT2D eigenvalue weighted by molar-refractivity contribution is 5.88. The van der Waals surface area contributed by atoms with E-state index in [9.17, 15) is 19.5 Å². The van der Waals surface area contributed by atoms with Crippen LogP contribution in [-0.4, -0.2) is 72.0 Å². The van der Waals surface area contributed by atoms with E-state index in [1.807, 2.05) is 0 Å². The molecular formula is C35H51NO7. The van der Waals surface area contributed by atoms with Crippen LogP contribution >= 0.6 is 0 Å². The van der Waals surface area contributed by atoms with Gasteiger partial charge in [0, 0.05) is 20.2 Å². The molecule has 0 heterocycles. The predicted molar refractivity (Wildman–Crippen MR) is 169 cm³/mol. The molecule has 2 atom stereocenters. The lowest BCUT2D eigenvalue weighted by molar-refractivity contribution is -0.175. The molecule has 0 radical (unpaired) electrons. The first-order valence-corrected chi connectivity index (χ1v) is 15.5. The Bertz CT molecular complexity index is 1180. The monoisotopic (exact) mass is 597 g/mol. The molecule has 0 bridgehead atoms. The summed E-state index contributed by atoms with van der Waals surface area (Å²) in [5, 5.41) is 18.7. The standard InChI is InChI=1S/C35H51NO7/c1-25-16-18-29(22-27(25)3)14-10-7-6-8-12-20-36(5)34(39)32(33(35(40)41)43-24-31(37)38)42-21-13-9-11-15-30-19-17-26(2)28(4)23-30/h16-19,22-23,32-33H,6-15,20-21,24H2,1-5H3,(H,37,38)(H,40,41). The summed E-state index contributed by atoms with van der Waals surface area (Å²) in [6.45, 7) is 8.25. The number of likely N-dealkylation sites (N-methyl/N-ethyl adjacent to an activating group) is 1. The van der Waals surface area contributed by atoms with Crippen LogP contribution < -0.4 is 0 Å². The zero-order valence-corrected chi connectivity index (χ0v) is 26.7. The molecule has 0 aliphatic carbocycles. The number of carbonyl (C=O) groups is 3. The van der Waals surface area contributed by atoms with Crippen molar-refractivity contribution >= 4 is 17.8 Å². The highest BCUT2D eigenvalue weighted by Gasteiger charge is 2.37. The Morgan fingerprint density at radius 1 is 0.674 bits per heavy atom. The fourth-order valence-electron chi connectivity index (χ4n) is 5.01. The van der Waals surface area contributed by atoms with Gasteiger partial charge in [-0.1, -0.05) is 62.1 Å². The number of carbonyl (C=O) groups excluding carboxylic acids is 1. The summed E-state index contributed by atoms with van der Waals surface area (Å²) >= 11 is 0. The number of aryl methyl sites for hydroxylation is 6. The van der Waals surface area contributed by atoms with Gasteiger partial charge in [-0.25, -0.2) is 9.59 Å². The fourth-order valence-corrected chi connectivity index (χ4v) is 5.01. The van der Waals surface area contributed by atoms with Gasteiger partial charge in [-0.2, -0.15) is 0 Å². The molecule has 8 heteroatoms. The van der Waals surface area contributed by atoms with Gasteiger partial charge in [-0.05, 0) is 99.6 Å². The van der Waals surface area contributed by atoms with Gasteiger partial charge in [0.15, 0.2) is 12.2 Å². The summed E-state index contributed by atoms with van der Waals surface area (Å²) in [6, 6.07) is 13.1. The highest BCUT2D eigenvalue weighted by Crippen LogP contribution is 2.16. The van der Waals surface area contributed by atoms with Crippen molar-refractivity contribution in [1.29, 1.82) is 0 Å². The number of ether oxygens (including phenoxy) is 2. The summed E-state index contributed by atoms with van der Waals surface area (Å²) in [6.07, 6.45) is 6.29. The van der Waals surface area contributed by atoms with E-state index in [0.29, 0.717) is 13.0 Å². The molecule has 2 aromatic carbocycles. The van der Waals surface area contributed by atoms with Gasteiger partial charge < -0.3 is 24.6 Å². The van der Waals surface area contributed by atoms with Gasteiger partial charge in [0.25, 0.3) is 5.91 Å². The molecule has 0 saturated carbocycles. The second-order valence-electron chi connectivity index (χ2n) is 11.7. The number of nitrogens with zero attached hydrogens (tertiary/aromatic N) is 1. The maximum atomic E-state index is 13.3. The molecule has 43 heavy (non-hydrogen) atoms. The van der Waals surface area contributed by atoms with Crippen LogP contribution in [0.25, 0.3) is 0 Å². The van der Waals surface area contributed by atoms with Crippen LogP contribution in [0, 0.1) is 27.7 Å². The molecule has 8 nitrogen and oxygen atoms in total. The summed E-state index contributed by atoms with van der Waals surface area (Å²) in [4.78, 5) is 37.8. The van der Waals surface area contributed by atoms with Gasteiger partial charge in [0.05, 0.1) is 0 Å². The average Bonchev–Trinajstić information content (AvgIpc) is 2.96. The molecule has 2 unspecified atom stereocenters. The Hall–Kier alpha value is -3.23. The van der Waals surface area contributed by atoms with Crippen molar-refractivity contribution in [1.82, 2.24) is 4.90 Å². The lowest BCUT2D eigenvalue weighted by Crippen LogP contribution is -2.50. The summed E-state index contributed by atoms with van der Waals surface area (Å²) < 4.78 is 10.9. The maximum absolute atomic E-state index is 13.3. The molecule has 0 aromatic heterocycles. The number of amides is 1. The normalized spacial score (nSPS) is 12.6. The first kappa shape index (κ1) is 36.0. The number of benzene rings is 2. The van der Waals surface area contributed by atoms with Crippen molar-refractivity contribution in [2.45, 2.75) is 104 Å². The van der Waals surface area contributed by atoms with E-state index >= 15 is 0 Å². The number of aliphatic carboxylic acids is 2. The summed E-state index contributed by atoms with van der Waals surface area (Å²) in [5.74, 6) is -3.25. The number of hydrogen-bond donors (Lipinski definition) is 2. The van der Waals surface area contributed by atoms with Crippen LogP contribution in [0.2, 0.25) is 0 Å². The van der Waals surface area contributed by atoms with Crippen LogP contribution in [-0.2, 0) is 36.7 Å². The third kappa shape index (κ3) is 13.3. The topological polar surface area (TPSA) is 113 Å². The van der Waals surface area contributed by atoms with Crippen LogP contribution in [0.5, 0.6) is 0 Å². The molecule has 0 aliphatic rings. The quantitative estimate of drug-likeness (QED) is 0.164. The van der Waals surface area contributed by atoms with E-state index in [-0.39, 0.29) is 6.61 Å². The van der Waals surface area contributed by atoms with Crippen molar-refractivity contribution in [2.75, 3.05) is 26.8 Å². The molecule has 2 rings (SSSR count). The maximum Gasteiger partial charge on any atom is 0.336 e. The molecule has 1 amide bonds. The minimum Gasteiger partial charge on any atom is -0.480 e. The SMILES string of the molecule is Cc1ccc(CCCCCCCN(C)C(=O)C(OCCCCCc2ccc(C)c(C)c2)C(OCC(=O)O)C(=O)O)cc1C. The lowest BCUT2D eigenvalue weighted by atomic mass is 10.0. The summed E-state index contributed by atoms with van der Waals surface area (Å²) in [5.41, 5.74) is 7.79. The average molecular weight is 598 g/mol. The van der Waals surface area contributed by atoms with E-state index < -0.39 is 36.7 Å². The van der Waals surface area contributed by atoms with Crippen molar-refractivity contribution in [3.8, 4) is 0 Å². The number of unbranched alkanes of at least 4 members (excludes halogenated alkanes) is 6. The van der Waals surface area contributed by atoms with Crippen LogP contribution in [0.3, 0.4) is 0 Å². The second kappa shape index (κ2) is 19.1. The third-order valence-electron chi connectivity index (χ3n) is 8.03. The van der Waals surface area contributed by atoms with E-state index in [1.54, 1.807) is 7.05 Å². The van der Waals surface area contributed by atoms with Crippen molar-refractivity contribution < 1.29 is 34.1 Å². The Morgan fingerprint density at radius 2 is 1.19 bits per heavy atom. The van der Waals surface area contributed by atoms with Gasteiger partial charge in [0.2, 0.25) is 0 Å². The predicted octanol–water partition coefficient (Wildman–Crippen LogP) is 6.22. The van der Waals surface area contributed by atoms with Crippen LogP contribution in [0.4, 0.5) is 0 Å². The van der Waals surface area contributed by atoms with Crippen molar-refractivity contribution in [3.05, 3.63) is 69.8 Å². The highest BCUT2D eigenvalue weighted by atomic mass is 16.6. The zero-order valence-electron chi connectivity index (χ0n) is 26.7. The number of carboxylic acid groups (broad SMARTS) is 2. The minimum absolute atomic E-state index is 0.178. The molecular weight excluding hydrogens is 546 g/mol. The number of rotatable bonds is 21. The molecule has 0 saturated heterocycles. The third-order valence-corrected chi connectivity index (χ3v) is 8.03. The second-order valence-corrected chi connectivity index (χ2v) is 11.7. The fraction of sp³-hybridized carbons (Fsp3) is 0.571. The van der Waals surface area contributed by atoms with E-state index in [0.717, 1.165) is 57.8 Å². The Kier molecular flexibility index (Phi) is 16.0. The lowest BCUT2D eigenvalue weighted by Gasteiger charge is -2.27. The van der Waals surface area contributed by atoms with E-state index in [1.165, 1.54) is 38.3 Å². The number of carboxylic acids is 2. The van der Waals surface area contributed by atoms with Crippen molar-refractivity contribution in [3.63, 3.8) is 0 Å². The van der Waals surface area contributed by atoms with Crippen molar-refractivity contribution in [2.24, 2.45) is 0 Å². The van der Waals surface area contributed by atoms with E-state index in [2.05, 4.69) is 64.1 Å². The first-order valence-electron chi connectivity index (χ1n) is 15.5. The molecule has 0 fully saturated rings. The Balaban J connectivity index is 1.80. The zero-order chi connectivity index (χ0) is 31.8. The summed E-state index contributed by atoms with van der Waals surface area (Å²) in [7, 11) is 1.62. The molecule has 2 aromatic rings. The smallest absolute Gasteiger partial charge is 0.336 e. The first-order chi connectivity index (χ1) is 20.5. The largest absolute Gasteiger partial charge is 0.480 e. The van der Waals surface area contributed by atoms with Crippen LogP contribution in [0.15, 0.2) is 36.4 Å². The van der Waals surface area contributed by atoms with Gasteiger partial charge in [-0.15, -0.1) is 0 Å². The minimum atomic E-state index is -1.70. The Morgan fingerprint density at radius 3 is 1.70 bits per heavy atom. The molecule has 2 N–H and O–H groups in total. The van der Waals surface area contributed by atoms with E-state index in [4.69, 9.17) is 14.6 Å². The number of hydrogen-bond acceptors (Lipinski definition) is 5. The molecule has 238 valence electrons. The van der Waals surface area contributed by atoms with Gasteiger partial charge >= 0.3 is 11.9 Å². The molecule has 0 aliphatic heterocycles. The van der Waals surface area contributed by atoms with Gasteiger partial charge in [0.1, 0.15) is 6.61 Å². The van der Waals surface area contributed by atoms with Crippen LogP contribution in [0.1, 0.15) is 84.7 Å². The van der Waals surface area contributed by atoms with Gasteiger partial charge in [-0.3, -0.25) is 4.79 Å².